The lowest BCUT2D eigenvalue weighted by Gasteiger charge is -2.05. The van der Waals surface area contributed by atoms with Gasteiger partial charge in [0, 0.05) is 5.56 Å². The number of fused-ring (bicyclic) bond motifs is 1. The molecule has 0 saturated carbocycles. The van der Waals surface area contributed by atoms with Gasteiger partial charge >= 0.3 is 0 Å². The van der Waals surface area contributed by atoms with Gasteiger partial charge in [0.05, 0.1) is 0 Å². The Balaban J connectivity index is 1.64. The molecule has 3 aromatic rings. The van der Waals surface area contributed by atoms with Crippen molar-refractivity contribution in [3.05, 3.63) is 48.0 Å². The van der Waals surface area contributed by atoms with Crippen LogP contribution < -0.4 is 0 Å². The second-order valence-corrected chi connectivity index (χ2v) is 6.36. The van der Waals surface area contributed by atoms with Gasteiger partial charge in [-0.05, 0) is 35.0 Å². The molecule has 4 heteroatoms. The van der Waals surface area contributed by atoms with E-state index in [-0.39, 0.29) is 0 Å². The van der Waals surface area contributed by atoms with E-state index in [0.717, 1.165) is 23.1 Å². The number of hydrogen-bond donors (Lipinski definition) is 1. The normalized spacial score (nSPS) is 11.2. The van der Waals surface area contributed by atoms with E-state index in [1.54, 1.807) is 0 Å². The molecule has 0 aliphatic rings. The van der Waals surface area contributed by atoms with Gasteiger partial charge in [-0.25, -0.2) is 0 Å². The first kappa shape index (κ1) is 16.5. The van der Waals surface area contributed by atoms with Crippen molar-refractivity contribution < 1.29 is 5.21 Å². The van der Waals surface area contributed by atoms with Crippen LogP contribution in [0, 0.1) is 0 Å². The highest BCUT2D eigenvalue weighted by Crippen LogP contribution is 2.26. The number of aryl methyl sites for hydroxylation is 1. The van der Waals surface area contributed by atoms with E-state index in [4.69, 9.17) is 0 Å². The minimum Gasteiger partial charge on any atom is -0.396 e. The molecule has 0 saturated heterocycles. The zero-order chi connectivity index (χ0) is 16.8. The van der Waals surface area contributed by atoms with Crippen LogP contribution in [0.4, 0.5) is 0 Å². The molecule has 3 rings (SSSR count). The molecule has 0 aliphatic heterocycles. The number of rotatable bonds is 8. The second-order valence-electron chi connectivity index (χ2n) is 6.36. The van der Waals surface area contributed by atoms with Crippen LogP contribution in [-0.4, -0.2) is 20.4 Å². The SMILES string of the molecule is CCCCCCCCc1ccc(-c2cccc3nn(O)nc23)cc1. The summed E-state index contributed by atoms with van der Waals surface area (Å²) in [5.41, 5.74) is 4.91. The van der Waals surface area contributed by atoms with Gasteiger partial charge < -0.3 is 5.21 Å². The van der Waals surface area contributed by atoms with Gasteiger partial charge in [-0.15, -0.1) is 10.2 Å². The fraction of sp³-hybridized carbons (Fsp3) is 0.400. The molecule has 1 aromatic heterocycles. The highest BCUT2D eigenvalue weighted by molar-refractivity contribution is 5.91. The van der Waals surface area contributed by atoms with Gasteiger partial charge in [-0.1, -0.05) is 75.4 Å². The van der Waals surface area contributed by atoms with Crippen molar-refractivity contribution in [2.45, 2.75) is 51.9 Å². The maximum absolute atomic E-state index is 9.44. The van der Waals surface area contributed by atoms with Crippen LogP contribution in [0.2, 0.25) is 0 Å². The summed E-state index contributed by atoms with van der Waals surface area (Å²) >= 11 is 0. The number of nitrogens with zero attached hydrogens (tertiary/aromatic N) is 3. The summed E-state index contributed by atoms with van der Waals surface area (Å²) in [5, 5.41) is 17.4. The number of aromatic nitrogens is 3. The molecule has 126 valence electrons. The Morgan fingerprint density at radius 1 is 0.875 bits per heavy atom. The zero-order valence-corrected chi connectivity index (χ0v) is 14.3. The lowest BCUT2D eigenvalue weighted by Crippen LogP contribution is -1.93. The molecule has 4 nitrogen and oxygen atoms in total. The van der Waals surface area contributed by atoms with E-state index in [1.807, 2.05) is 18.2 Å². The van der Waals surface area contributed by atoms with Gasteiger partial charge in [-0.3, -0.25) is 0 Å². The quantitative estimate of drug-likeness (QED) is 0.455. The number of hydrogen-bond acceptors (Lipinski definition) is 3. The molecule has 0 fully saturated rings. The third-order valence-electron chi connectivity index (χ3n) is 4.49. The molecule has 0 amide bonds. The smallest absolute Gasteiger partial charge is 0.124 e. The summed E-state index contributed by atoms with van der Waals surface area (Å²) in [6, 6.07) is 14.5. The van der Waals surface area contributed by atoms with Crippen LogP contribution >= 0.6 is 0 Å². The largest absolute Gasteiger partial charge is 0.396 e. The van der Waals surface area contributed by atoms with Gasteiger partial charge in [0.2, 0.25) is 0 Å². The molecule has 0 atom stereocenters. The first-order valence-corrected chi connectivity index (χ1v) is 8.92. The highest BCUT2D eigenvalue weighted by Gasteiger charge is 2.09. The Morgan fingerprint density at radius 2 is 1.62 bits per heavy atom. The summed E-state index contributed by atoms with van der Waals surface area (Å²) in [4.78, 5) is 0.640. The average Bonchev–Trinajstić information content (AvgIpc) is 2.99. The third kappa shape index (κ3) is 3.94. The zero-order valence-electron chi connectivity index (χ0n) is 14.3. The topological polar surface area (TPSA) is 50.9 Å². The molecule has 0 unspecified atom stereocenters. The molecule has 0 spiro atoms. The standard InChI is InChI=1S/C20H25N3O/c1-2-3-4-5-6-7-9-16-12-14-17(15-13-16)18-10-8-11-19-20(18)22-23(24)21-19/h8,10-15,24H,2-7,9H2,1H3. The first-order chi connectivity index (χ1) is 11.8. The van der Waals surface area contributed by atoms with Crippen molar-refractivity contribution in [3.63, 3.8) is 0 Å². The summed E-state index contributed by atoms with van der Waals surface area (Å²) in [6.07, 6.45) is 9.11. The lowest BCUT2D eigenvalue weighted by atomic mass is 10.00. The van der Waals surface area contributed by atoms with E-state index in [1.165, 1.54) is 44.1 Å². The molecule has 0 radical (unpaired) electrons. The summed E-state index contributed by atoms with van der Waals surface area (Å²) in [5.74, 6) is 0. The summed E-state index contributed by atoms with van der Waals surface area (Å²) < 4.78 is 0. The van der Waals surface area contributed by atoms with Crippen molar-refractivity contribution in [3.8, 4) is 11.1 Å². The van der Waals surface area contributed by atoms with Gasteiger partial charge in [0.1, 0.15) is 11.0 Å². The van der Waals surface area contributed by atoms with Gasteiger partial charge in [-0.2, -0.15) is 0 Å². The summed E-state index contributed by atoms with van der Waals surface area (Å²) in [6.45, 7) is 2.25. The minimum atomic E-state index is 0.640. The predicted molar refractivity (Wildman–Crippen MR) is 97.2 cm³/mol. The molecule has 1 heterocycles. The monoisotopic (exact) mass is 323 g/mol. The van der Waals surface area contributed by atoms with Crippen LogP contribution in [0.5, 0.6) is 0 Å². The second kappa shape index (κ2) is 7.95. The van der Waals surface area contributed by atoms with Crippen molar-refractivity contribution in [1.29, 1.82) is 0 Å². The van der Waals surface area contributed by atoms with Gasteiger partial charge in [0.25, 0.3) is 0 Å². The average molecular weight is 323 g/mol. The lowest BCUT2D eigenvalue weighted by molar-refractivity contribution is 0.113. The Hall–Kier alpha value is -2.36. The fourth-order valence-corrected chi connectivity index (χ4v) is 3.12. The first-order valence-electron chi connectivity index (χ1n) is 8.92. The number of benzene rings is 2. The molecular formula is C20H25N3O. The Labute approximate surface area is 143 Å². The molecular weight excluding hydrogens is 298 g/mol. The van der Waals surface area contributed by atoms with Crippen LogP contribution in [0.15, 0.2) is 42.5 Å². The Bertz CT molecular complexity index is 777. The highest BCUT2D eigenvalue weighted by atomic mass is 16.5. The number of unbranched alkanes of at least 4 members (excludes halogenated alkanes) is 5. The predicted octanol–water partition coefficient (Wildman–Crippen LogP) is 5.24. The third-order valence-corrected chi connectivity index (χ3v) is 4.49. The summed E-state index contributed by atoms with van der Waals surface area (Å²) in [7, 11) is 0. The van der Waals surface area contributed by atoms with Crippen molar-refractivity contribution in [2.75, 3.05) is 0 Å². The molecule has 2 aromatic carbocycles. The van der Waals surface area contributed by atoms with E-state index >= 15 is 0 Å². The van der Waals surface area contributed by atoms with Crippen LogP contribution in [0.25, 0.3) is 22.2 Å². The van der Waals surface area contributed by atoms with E-state index in [2.05, 4.69) is 41.4 Å². The van der Waals surface area contributed by atoms with Crippen molar-refractivity contribution in [1.82, 2.24) is 15.2 Å². The van der Waals surface area contributed by atoms with Crippen LogP contribution in [-0.2, 0) is 6.42 Å². The van der Waals surface area contributed by atoms with E-state index in [0.29, 0.717) is 10.5 Å². The fourth-order valence-electron chi connectivity index (χ4n) is 3.12. The molecule has 24 heavy (non-hydrogen) atoms. The van der Waals surface area contributed by atoms with Crippen molar-refractivity contribution in [2.24, 2.45) is 0 Å². The van der Waals surface area contributed by atoms with Crippen molar-refractivity contribution >= 4 is 11.0 Å². The van der Waals surface area contributed by atoms with Crippen LogP contribution in [0.1, 0.15) is 51.0 Å². The van der Waals surface area contributed by atoms with Gasteiger partial charge in [0.15, 0.2) is 0 Å². The van der Waals surface area contributed by atoms with Crippen LogP contribution in [0.3, 0.4) is 0 Å². The maximum atomic E-state index is 9.44. The Morgan fingerprint density at radius 3 is 2.42 bits per heavy atom. The Kier molecular flexibility index (Phi) is 5.47. The molecule has 0 aliphatic carbocycles. The van der Waals surface area contributed by atoms with E-state index in [9.17, 15) is 5.21 Å². The minimum absolute atomic E-state index is 0.640. The molecule has 0 bridgehead atoms. The maximum Gasteiger partial charge on any atom is 0.124 e. The molecule has 1 N–H and O–H groups in total. The van der Waals surface area contributed by atoms with E-state index < -0.39 is 0 Å².